The lowest BCUT2D eigenvalue weighted by Crippen LogP contribution is -2.19. The second-order valence-electron chi connectivity index (χ2n) is 5.54. The topological polar surface area (TPSA) is 29.4 Å². The predicted molar refractivity (Wildman–Crippen MR) is 71.8 cm³/mol. The van der Waals surface area contributed by atoms with Crippen LogP contribution in [0, 0.1) is 5.92 Å². The van der Waals surface area contributed by atoms with Crippen LogP contribution in [0.25, 0.3) is 0 Å². The molecule has 90 valence electrons. The number of hydrogen-bond donors (Lipinski definition) is 0. The lowest BCUT2D eigenvalue weighted by Gasteiger charge is -2.23. The molecule has 1 atom stereocenters. The summed E-state index contributed by atoms with van der Waals surface area (Å²) in [5, 5.41) is 0.559. The van der Waals surface area contributed by atoms with Gasteiger partial charge in [-0.1, -0.05) is 39.3 Å². The van der Waals surface area contributed by atoms with Gasteiger partial charge in [-0.25, -0.2) is 0 Å². The second kappa shape index (κ2) is 3.95. The fourth-order valence-electron chi connectivity index (χ4n) is 1.85. The SMILES string of the molecule is CC1C=Nc2c(Cl)cc(C(C)(C)C)cc2C1=O. The predicted octanol–water partition coefficient (Wildman–Crippen LogP) is 4.17. The largest absolute Gasteiger partial charge is 0.293 e. The van der Waals surface area contributed by atoms with Gasteiger partial charge >= 0.3 is 0 Å². The fraction of sp³-hybridized carbons (Fsp3) is 0.429. The van der Waals surface area contributed by atoms with Crippen molar-refractivity contribution < 1.29 is 4.79 Å². The van der Waals surface area contributed by atoms with Crippen molar-refractivity contribution in [3.8, 4) is 0 Å². The molecule has 0 saturated carbocycles. The van der Waals surface area contributed by atoms with Crippen molar-refractivity contribution in [3.05, 3.63) is 28.3 Å². The number of benzene rings is 1. The van der Waals surface area contributed by atoms with Crippen LogP contribution in [0.1, 0.15) is 43.6 Å². The summed E-state index contributed by atoms with van der Waals surface area (Å²) in [6, 6.07) is 3.83. The maximum atomic E-state index is 12.1. The monoisotopic (exact) mass is 249 g/mol. The number of rotatable bonds is 0. The Morgan fingerprint density at radius 3 is 2.53 bits per heavy atom. The van der Waals surface area contributed by atoms with Crippen molar-refractivity contribution in [2.45, 2.75) is 33.1 Å². The summed E-state index contributed by atoms with van der Waals surface area (Å²) in [5.41, 5.74) is 2.31. The number of carbonyl (C=O) groups is 1. The lowest BCUT2D eigenvalue weighted by molar-refractivity contribution is 0.0962. The van der Waals surface area contributed by atoms with E-state index in [9.17, 15) is 4.79 Å². The molecule has 2 rings (SSSR count). The smallest absolute Gasteiger partial charge is 0.173 e. The Labute approximate surface area is 107 Å². The summed E-state index contributed by atoms with van der Waals surface area (Å²) >= 11 is 6.20. The van der Waals surface area contributed by atoms with E-state index in [0.717, 1.165) is 5.56 Å². The molecule has 3 heteroatoms. The Morgan fingerprint density at radius 2 is 1.94 bits per heavy atom. The summed E-state index contributed by atoms with van der Waals surface area (Å²) in [4.78, 5) is 16.4. The van der Waals surface area contributed by atoms with E-state index in [0.29, 0.717) is 16.3 Å². The molecule has 2 nitrogen and oxygen atoms in total. The van der Waals surface area contributed by atoms with Crippen LogP contribution < -0.4 is 0 Å². The average Bonchev–Trinajstić information content (AvgIpc) is 2.22. The van der Waals surface area contributed by atoms with Gasteiger partial charge in [0.25, 0.3) is 0 Å². The number of hydrogen-bond acceptors (Lipinski definition) is 2. The third-order valence-corrected chi connectivity index (χ3v) is 3.32. The maximum absolute atomic E-state index is 12.1. The summed E-state index contributed by atoms with van der Waals surface area (Å²) in [5.74, 6) is -0.0585. The molecule has 0 aromatic heterocycles. The molecule has 0 bridgehead atoms. The molecule has 0 spiro atoms. The quantitative estimate of drug-likeness (QED) is 0.679. The third-order valence-electron chi connectivity index (χ3n) is 3.04. The molecule has 1 aromatic carbocycles. The molecule has 1 unspecified atom stereocenters. The summed E-state index contributed by atoms with van der Waals surface area (Å²) in [6.45, 7) is 8.16. The van der Waals surface area contributed by atoms with Gasteiger partial charge in [0.2, 0.25) is 0 Å². The molecule has 0 aliphatic carbocycles. The Balaban J connectivity index is 2.65. The molecule has 0 fully saturated rings. The minimum atomic E-state index is -0.159. The van der Waals surface area contributed by atoms with Crippen LogP contribution in [0.5, 0.6) is 0 Å². The van der Waals surface area contributed by atoms with Crippen molar-refractivity contribution in [2.75, 3.05) is 0 Å². The van der Waals surface area contributed by atoms with Crippen molar-refractivity contribution in [3.63, 3.8) is 0 Å². The zero-order valence-electron chi connectivity index (χ0n) is 10.5. The van der Waals surface area contributed by atoms with E-state index in [1.807, 2.05) is 19.1 Å². The van der Waals surface area contributed by atoms with E-state index < -0.39 is 0 Å². The highest BCUT2D eigenvalue weighted by molar-refractivity contribution is 6.34. The molecular weight excluding hydrogens is 234 g/mol. The Hall–Kier alpha value is -1.15. The highest BCUT2D eigenvalue weighted by atomic mass is 35.5. The first-order chi connectivity index (χ1) is 7.80. The van der Waals surface area contributed by atoms with Gasteiger partial charge < -0.3 is 0 Å². The number of fused-ring (bicyclic) bond motifs is 1. The number of carbonyl (C=O) groups excluding carboxylic acids is 1. The minimum Gasteiger partial charge on any atom is -0.293 e. The van der Waals surface area contributed by atoms with Gasteiger partial charge in [0.05, 0.1) is 16.6 Å². The summed E-state index contributed by atoms with van der Waals surface area (Å²) < 4.78 is 0. The van der Waals surface area contributed by atoms with Crippen molar-refractivity contribution >= 4 is 29.3 Å². The standard InChI is InChI=1S/C14H16ClNO/c1-8-7-16-12-10(13(8)17)5-9(6-11(12)15)14(2,3)4/h5-8H,1-4H3. The van der Waals surface area contributed by atoms with E-state index in [-0.39, 0.29) is 17.1 Å². The Bertz CT molecular complexity index is 512. The van der Waals surface area contributed by atoms with Crippen LogP contribution in [-0.2, 0) is 5.41 Å². The van der Waals surface area contributed by atoms with Gasteiger partial charge in [-0.15, -0.1) is 0 Å². The van der Waals surface area contributed by atoms with Crippen LogP contribution in [0.4, 0.5) is 5.69 Å². The van der Waals surface area contributed by atoms with Crippen molar-refractivity contribution in [1.29, 1.82) is 0 Å². The number of halogens is 1. The molecule has 1 aliphatic rings. The van der Waals surface area contributed by atoms with Gasteiger partial charge in [-0.05, 0) is 23.1 Å². The van der Waals surface area contributed by atoms with Crippen LogP contribution in [-0.4, -0.2) is 12.0 Å². The van der Waals surface area contributed by atoms with Crippen LogP contribution in [0.3, 0.4) is 0 Å². The molecule has 0 saturated heterocycles. The maximum Gasteiger partial charge on any atom is 0.173 e. The van der Waals surface area contributed by atoms with Crippen LogP contribution >= 0.6 is 11.6 Å². The van der Waals surface area contributed by atoms with E-state index in [2.05, 4.69) is 25.8 Å². The first-order valence-electron chi connectivity index (χ1n) is 5.73. The van der Waals surface area contributed by atoms with Gasteiger partial charge in [0, 0.05) is 11.8 Å². The highest BCUT2D eigenvalue weighted by Crippen LogP contribution is 2.37. The zero-order valence-corrected chi connectivity index (χ0v) is 11.3. The molecule has 1 aliphatic heterocycles. The lowest BCUT2D eigenvalue weighted by atomic mass is 9.84. The fourth-order valence-corrected chi connectivity index (χ4v) is 2.12. The normalized spacial score (nSPS) is 19.4. The second-order valence-corrected chi connectivity index (χ2v) is 5.94. The van der Waals surface area contributed by atoms with E-state index >= 15 is 0 Å². The summed E-state index contributed by atoms with van der Waals surface area (Å²) in [7, 11) is 0. The van der Waals surface area contributed by atoms with E-state index in [4.69, 9.17) is 11.6 Å². The molecule has 0 radical (unpaired) electrons. The van der Waals surface area contributed by atoms with Gasteiger partial charge in [0.15, 0.2) is 5.78 Å². The van der Waals surface area contributed by atoms with Gasteiger partial charge in [-0.3, -0.25) is 9.79 Å². The number of Topliss-reactive ketones (excluding diaryl/α,β-unsaturated/α-hetero) is 1. The minimum absolute atomic E-state index is 0.0245. The van der Waals surface area contributed by atoms with Crippen molar-refractivity contribution in [2.24, 2.45) is 10.9 Å². The van der Waals surface area contributed by atoms with Crippen LogP contribution in [0.2, 0.25) is 5.02 Å². The van der Waals surface area contributed by atoms with E-state index in [1.165, 1.54) is 0 Å². The Morgan fingerprint density at radius 1 is 1.29 bits per heavy atom. The molecule has 1 aromatic rings. The summed E-state index contributed by atoms with van der Waals surface area (Å²) in [6.07, 6.45) is 1.66. The third kappa shape index (κ3) is 2.14. The molecule has 17 heavy (non-hydrogen) atoms. The first kappa shape index (κ1) is 12.3. The molecule has 0 N–H and O–H groups in total. The average molecular weight is 250 g/mol. The molecule has 0 amide bonds. The molecule has 1 heterocycles. The number of aliphatic imine (C=N–C) groups is 1. The highest BCUT2D eigenvalue weighted by Gasteiger charge is 2.26. The number of ketones is 1. The van der Waals surface area contributed by atoms with Gasteiger partial charge in [-0.2, -0.15) is 0 Å². The van der Waals surface area contributed by atoms with Crippen LogP contribution in [0.15, 0.2) is 17.1 Å². The first-order valence-corrected chi connectivity index (χ1v) is 6.11. The zero-order chi connectivity index (χ0) is 12.8. The number of nitrogens with zero attached hydrogens (tertiary/aromatic N) is 1. The molecular formula is C14H16ClNO. The Kier molecular flexibility index (Phi) is 2.86. The van der Waals surface area contributed by atoms with Crippen molar-refractivity contribution in [1.82, 2.24) is 0 Å². The van der Waals surface area contributed by atoms with E-state index in [1.54, 1.807) is 6.21 Å². The van der Waals surface area contributed by atoms with Gasteiger partial charge in [0.1, 0.15) is 0 Å².